The molecule has 0 bridgehead atoms. The molecule has 0 aromatic carbocycles. The molecule has 0 aromatic heterocycles. The van der Waals surface area contributed by atoms with E-state index in [0.29, 0.717) is 0 Å². The van der Waals surface area contributed by atoms with Crippen molar-refractivity contribution in [2.45, 2.75) is 0 Å². The first-order valence-corrected chi connectivity index (χ1v) is 2.92. The summed E-state index contributed by atoms with van der Waals surface area (Å²) in [7, 11) is 8.35. The Morgan fingerprint density at radius 3 is 1.00 bits per heavy atom. The number of likely N-dealkylation sites (N-methyl/N-ethyl adjacent to an activating group) is 2. The maximum absolute atomic E-state index is 2.18. The van der Waals surface area contributed by atoms with Crippen LogP contribution in [0.15, 0.2) is 0 Å². The first-order chi connectivity index (χ1) is 3.63. The van der Waals surface area contributed by atoms with E-state index in [2.05, 4.69) is 38.0 Å². The Morgan fingerprint density at radius 1 is 0.727 bits per heavy atom. The van der Waals surface area contributed by atoms with Crippen molar-refractivity contribution in [3.05, 3.63) is 0 Å². The molecule has 0 heterocycles. The van der Waals surface area contributed by atoms with Gasteiger partial charge in [0.05, 0.1) is 0 Å². The van der Waals surface area contributed by atoms with Gasteiger partial charge in [0.2, 0.25) is 0 Å². The Hall–Kier alpha value is 0.673. The third-order valence-corrected chi connectivity index (χ3v) is 0.994. The van der Waals surface area contributed by atoms with Crippen molar-refractivity contribution < 1.29 is 19.5 Å². The number of rotatable bonds is 3. The van der Waals surface area contributed by atoms with E-state index in [4.69, 9.17) is 0 Å². The molecular weight excluding hydrogens is 187 g/mol. The Labute approximate surface area is 87.6 Å². The van der Waals surface area contributed by atoms with Crippen LogP contribution in [0.25, 0.3) is 0 Å². The summed E-state index contributed by atoms with van der Waals surface area (Å²) in [5.41, 5.74) is 0. The molecule has 0 atom stereocenters. The largest absolute Gasteiger partial charge is 2.00 e. The van der Waals surface area contributed by atoms with Gasteiger partial charge in [-0.2, -0.15) is 0 Å². The average Bonchev–Trinajstić information content (AvgIpc) is 1.61. The Bertz CT molecular complexity index is 54.5. The maximum Gasteiger partial charge on any atom is 2.00 e. The zero-order valence-electron chi connectivity index (χ0n) is 8.17. The molecular formula is C6H16B2N2Zn. The SMILES string of the molecule is CN(C)CCN(C)C.[B-].[B-].[Zn+2]. The van der Waals surface area contributed by atoms with Crippen LogP contribution in [0.5, 0.6) is 0 Å². The Morgan fingerprint density at radius 2 is 0.909 bits per heavy atom. The topological polar surface area (TPSA) is 6.48 Å². The van der Waals surface area contributed by atoms with Crippen molar-refractivity contribution in [2.75, 3.05) is 41.3 Å². The summed E-state index contributed by atoms with van der Waals surface area (Å²) >= 11 is 0. The molecule has 0 aromatic rings. The van der Waals surface area contributed by atoms with Gasteiger partial charge >= 0.3 is 19.5 Å². The monoisotopic (exact) mass is 202 g/mol. The van der Waals surface area contributed by atoms with Crippen LogP contribution in [0.4, 0.5) is 0 Å². The molecule has 5 heteroatoms. The Kier molecular flexibility index (Phi) is 27.3. The van der Waals surface area contributed by atoms with Crippen molar-refractivity contribution in [1.29, 1.82) is 0 Å². The van der Waals surface area contributed by atoms with Gasteiger partial charge in [0.25, 0.3) is 0 Å². The summed E-state index contributed by atoms with van der Waals surface area (Å²) < 4.78 is 0. The summed E-state index contributed by atoms with van der Waals surface area (Å²) in [4.78, 5) is 4.36. The van der Waals surface area contributed by atoms with Gasteiger partial charge in [-0.25, -0.2) is 0 Å². The van der Waals surface area contributed by atoms with Crippen LogP contribution in [0, 0.1) is 0 Å². The molecule has 0 saturated carbocycles. The summed E-state index contributed by atoms with van der Waals surface area (Å²) in [6.07, 6.45) is 0. The average molecular weight is 203 g/mol. The standard InChI is InChI=1S/C6H16N2.2B.Zn/c1-7(2)5-6-8(3)4;;;/h5-6H2,1-4H3;;;/q;2*-1;+2. The van der Waals surface area contributed by atoms with Crippen molar-refractivity contribution in [2.24, 2.45) is 0 Å². The van der Waals surface area contributed by atoms with Gasteiger partial charge in [0.1, 0.15) is 0 Å². The van der Waals surface area contributed by atoms with Crippen molar-refractivity contribution in [1.82, 2.24) is 9.80 Å². The quantitative estimate of drug-likeness (QED) is 0.562. The number of nitrogens with zero attached hydrogens (tertiary/aromatic N) is 2. The van der Waals surface area contributed by atoms with Crippen LogP contribution >= 0.6 is 0 Å². The second-order valence-corrected chi connectivity index (χ2v) is 2.61. The van der Waals surface area contributed by atoms with Crippen LogP contribution in [0.3, 0.4) is 0 Å². The first kappa shape index (κ1) is 22.6. The molecule has 2 nitrogen and oxygen atoms in total. The predicted molar refractivity (Wildman–Crippen MR) is 48.6 cm³/mol. The summed E-state index contributed by atoms with van der Waals surface area (Å²) in [6, 6.07) is 0. The minimum atomic E-state index is 0. The molecule has 0 fully saturated rings. The minimum Gasteiger partial charge on any atom is -1.00 e. The van der Waals surface area contributed by atoms with Gasteiger partial charge in [0.15, 0.2) is 0 Å². The second-order valence-electron chi connectivity index (χ2n) is 2.61. The third-order valence-electron chi connectivity index (χ3n) is 0.994. The van der Waals surface area contributed by atoms with Crippen LogP contribution in [-0.2, 0) is 19.5 Å². The van der Waals surface area contributed by atoms with Crippen molar-refractivity contribution in [3.63, 3.8) is 0 Å². The van der Waals surface area contributed by atoms with E-state index in [-0.39, 0.29) is 36.3 Å². The number of hydrogen-bond acceptors (Lipinski definition) is 2. The second kappa shape index (κ2) is 13.3. The van der Waals surface area contributed by atoms with Gasteiger partial charge in [0, 0.05) is 13.1 Å². The molecule has 0 N–H and O–H groups in total. The molecule has 0 unspecified atom stereocenters. The molecule has 58 valence electrons. The molecule has 0 saturated heterocycles. The van der Waals surface area contributed by atoms with Gasteiger partial charge < -0.3 is 26.6 Å². The molecule has 0 aliphatic heterocycles. The van der Waals surface area contributed by atoms with Crippen LogP contribution in [-0.4, -0.2) is 67.9 Å². The summed E-state index contributed by atoms with van der Waals surface area (Å²) in [5, 5.41) is 0. The van der Waals surface area contributed by atoms with Gasteiger partial charge in [-0.1, -0.05) is 0 Å². The van der Waals surface area contributed by atoms with Crippen LogP contribution in [0.1, 0.15) is 0 Å². The van der Waals surface area contributed by atoms with E-state index in [1.165, 1.54) is 0 Å². The fraction of sp³-hybridized carbons (Fsp3) is 1.00. The maximum atomic E-state index is 2.18. The van der Waals surface area contributed by atoms with Crippen LogP contribution < -0.4 is 0 Å². The molecule has 0 rings (SSSR count). The van der Waals surface area contributed by atoms with E-state index in [9.17, 15) is 0 Å². The summed E-state index contributed by atoms with van der Waals surface area (Å²) in [6.45, 7) is 2.29. The van der Waals surface area contributed by atoms with E-state index >= 15 is 0 Å². The molecule has 0 spiro atoms. The fourth-order valence-corrected chi connectivity index (χ4v) is 0.400. The normalized spacial score (nSPS) is 8.18. The van der Waals surface area contributed by atoms with Gasteiger partial charge in [-0.3, -0.25) is 0 Å². The minimum absolute atomic E-state index is 0. The van der Waals surface area contributed by atoms with Gasteiger partial charge in [-0.05, 0) is 28.2 Å². The zero-order valence-corrected chi connectivity index (χ0v) is 11.1. The first-order valence-electron chi connectivity index (χ1n) is 2.92. The molecule has 8 radical (unpaired) electrons. The molecule has 11 heavy (non-hydrogen) atoms. The zero-order chi connectivity index (χ0) is 6.57. The predicted octanol–water partition coefficient (Wildman–Crippen LogP) is -0.654. The molecule has 0 aliphatic rings. The smallest absolute Gasteiger partial charge is 1.00 e. The van der Waals surface area contributed by atoms with Crippen molar-refractivity contribution in [3.8, 4) is 0 Å². The Balaban J connectivity index is -0.0000000817. The summed E-state index contributed by atoms with van der Waals surface area (Å²) in [5.74, 6) is 0. The van der Waals surface area contributed by atoms with Crippen molar-refractivity contribution >= 4 is 16.8 Å². The molecule has 0 amide bonds. The fourth-order valence-electron chi connectivity index (χ4n) is 0.400. The molecule has 0 aliphatic carbocycles. The van der Waals surface area contributed by atoms with Gasteiger partial charge in [-0.15, -0.1) is 0 Å². The van der Waals surface area contributed by atoms with E-state index in [1.54, 1.807) is 0 Å². The van der Waals surface area contributed by atoms with E-state index in [0.717, 1.165) is 13.1 Å². The van der Waals surface area contributed by atoms with E-state index < -0.39 is 0 Å². The van der Waals surface area contributed by atoms with E-state index in [1.807, 2.05) is 0 Å². The number of hydrogen-bond donors (Lipinski definition) is 0. The van der Waals surface area contributed by atoms with Crippen LogP contribution in [0.2, 0.25) is 0 Å². The third kappa shape index (κ3) is 24.9.